The van der Waals surface area contributed by atoms with Crippen molar-refractivity contribution in [2.24, 2.45) is 5.10 Å². The van der Waals surface area contributed by atoms with Crippen LogP contribution in [0.25, 0.3) is 0 Å². The van der Waals surface area contributed by atoms with Crippen LogP contribution in [0.4, 0.5) is 0 Å². The normalized spacial score (nSPS) is 10.7. The Morgan fingerprint density at radius 2 is 2.30 bits per heavy atom. The van der Waals surface area contributed by atoms with Crippen LogP contribution in [0.1, 0.15) is 23.0 Å². The Morgan fingerprint density at radius 3 is 3.00 bits per heavy atom. The molecule has 0 fully saturated rings. The van der Waals surface area contributed by atoms with Crippen molar-refractivity contribution in [3.63, 3.8) is 0 Å². The second-order valence-corrected chi connectivity index (χ2v) is 4.59. The minimum absolute atomic E-state index is 0.192. The van der Waals surface area contributed by atoms with Crippen LogP contribution >= 0.6 is 15.9 Å². The molecular formula is C14H13BrN2O3. The molecule has 1 N–H and O–H groups in total. The maximum atomic E-state index is 11.7. The maximum Gasteiger partial charge on any atom is 0.307 e. The van der Waals surface area contributed by atoms with Gasteiger partial charge in [0.15, 0.2) is 10.4 Å². The Hall–Kier alpha value is -2.08. The van der Waals surface area contributed by atoms with E-state index in [1.54, 1.807) is 18.3 Å². The van der Waals surface area contributed by atoms with Crippen molar-refractivity contribution < 1.29 is 13.9 Å². The average molecular weight is 337 g/mol. The monoisotopic (exact) mass is 336 g/mol. The molecule has 1 aromatic heterocycles. The Morgan fingerprint density at radius 1 is 1.45 bits per heavy atom. The summed E-state index contributed by atoms with van der Waals surface area (Å²) < 4.78 is 11.0. The van der Waals surface area contributed by atoms with E-state index in [2.05, 4.69) is 26.5 Å². The van der Waals surface area contributed by atoms with E-state index in [0.717, 1.165) is 11.3 Å². The lowest BCUT2D eigenvalue weighted by Gasteiger charge is -2.02. The number of hydrogen-bond acceptors (Lipinski definition) is 4. The van der Waals surface area contributed by atoms with E-state index in [-0.39, 0.29) is 5.76 Å². The number of amides is 1. The van der Waals surface area contributed by atoms with Gasteiger partial charge in [0, 0.05) is 0 Å². The first kappa shape index (κ1) is 14.3. The Balaban J connectivity index is 1.96. The molecule has 0 unspecified atom stereocenters. The van der Waals surface area contributed by atoms with Gasteiger partial charge in [0.05, 0.1) is 12.8 Å². The van der Waals surface area contributed by atoms with Crippen molar-refractivity contribution in [2.75, 3.05) is 6.61 Å². The molecule has 1 amide bonds. The third-order valence-corrected chi connectivity index (χ3v) is 2.77. The number of benzene rings is 1. The van der Waals surface area contributed by atoms with E-state index in [0.29, 0.717) is 11.3 Å². The fourth-order valence-corrected chi connectivity index (χ4v) is 1.81. The summed E-state index contributed by atoms with van der Waals surface area (Å²) in [6.07, 6.45) is 1.54. The van der Waals surface area contributed by atoms with Crippen LogP contribution in [0.5, 0.6) is 5.75 Å². The summed E-state index contributed by atoms with van der Waals surface area (Å²) in [7, 11) is 0. The number of ether oxygens (including phenoxy) is 1. The molecule has 0 radical (unpaired) electrons. The lowest BCUT2D eigenvalue weighted by Crippen LogP contribution is -2.16. The average Bonchev–Trinajstić information content (AvgIpc) is 2.86. The van der Waals surface area contributed by atoms with Crippen LogP contribution in [0.2, 0.25) is 0 Å². The summed E-state index contributed by atoms with van der Waals surface area (Å²) in [5.74, 6) is 0.544. The lowest BCUT2D eigenvalue weighted by atomic mass is 10.2. The molecule has 20 heavy (non-hydrogen) atoms. The first-order valence-electron chi connectivity index (χ1n) is 6.00. The topological polar surface area (TPSA) is 63.8 Å². The zero-order chi connectivity index (χ0) is 14.4. The van der Waals surface area contributed by atoms with Gasteiger partial charge in [-0.15, -0.1) is 0 Å². The van der Waals surface area contributed by atoms with Crippen molar-refractivity contribution in [3.8, 4) is 5.75 Å². The van der Waals surface area contributed by atoms with E-state index in [1.165, 1.54) is 0 Å². The number of carbonyl (C=O) groups excluding carboxylic acids is 1. The fraction of sp³-hybridized carbons (Fsp3) is 0.143. The first-order valence-corrected chi connectivity index (χ1v) is 6.80. The molecule has 1 aromatic carbocycles. The highest BCUT2D eigenvalue weighted by molar-refractivity contribution is 9.10. The second kappa shape index (κ2) is 6.91. The minimum Gasteiger partial charge on any atom is -0.494 e. The van der Waals surface area contributed by atoms with Gasteiger partial charge >= 0.3 is 5.91 Å². The van der Waals surface area contributed by atoms with E-state index in [1.807, 2.05) is 31.2 Å². The van der Waals surface area contributed by atoms with Gasteiger partial charge < -0.3 is 9.15 Å². The molecule has 0 aliphatic heterocycles. The highest BCUT2D eigenvalue weighted by Gasteiger charge is 2.08. The molecule has 0 aliphatic carbocycles. The van der Waals surface area contributed by atoms with E-state index in [9.17, 15) is 4.79 Å². The molecule has 2 aromatic rings. The first-order chi connectivity index (χ1) is 9.69. The third kappa shape index (κ3) is 3.96. The summed E-state index contributed by atoms with van der Waals surface area (Å²) in [5, 5.41) is 3.87. The minimum atomic E-state index is -0.409. The van der Waals surface area contributed by atoms with Crippen molar-refractivity contribution in [2.45, 2.75) is 6.92 Å². The largest absolute Gasteiger partial charge is 0.494 e. The predicted molar refractivity (Wildman–Crippen MR) is 79.1 cm³/mol. The van der Waals surface area contributed by atoms with Gasteiger partial charge in [0.25, 0.3) is 0 Å². The van der Waals surface area contributed by atoms with Crippen molar-refractivity contribution in [1.82, 2.24) is 5.43 Å². The lowest BCUT2D eigenvalue weighted by molar-refractivity contribution is 0.0926. The molecule has 0 aliphatic rings. The van der Waals surface area contributed by atoms with Crippen molar-refractivity contribution >= 4 is 28.1 Å². The van der Waals surface area contributed by atoms with Gasteiger partial charge in [-0.3, -0.25) is 4.79 Å². The highest BCUT2D eigenvalue weighted by Crippen LogP contribution is 2.14. The zero-order valence-corrected chi connectivity index (χ0v) is 12.4. The SMILES string of the molecule is CCOc1cccc(/C=N\NC(=O)c2ccc(Br)o2)c1. The van der Waals surface area contributed by atoms with Gasteiger partial charge in [-0.2, -0.15) is 5.10 Å². The van der Waals surface area contributed by atoms with Crippen LogP contribution < -0.4 is 10.2 Å². The molecule has 6 heteroatoms. The van der Waals surface area contributed by atoms with Gasteiger partial charge in [-0.1, -0.05) is 12.1 Å². The molecule has 0 saturated carbocycles. The molecule has 2 rings (SSSR count). The fourth-order valence-electron chi connectivity index (χ4n) is 1.51. The molecule has 0 saturated heterocycles. The van der Waals surface area contributed by atoms with Crippen LogP contribution in [-0.4, -0.2) is 18.7 Å². The number of rotatable bonds is 5. The molecule has 104 valence electrons. The van der Waals surface area contributed by atoms with Crippen LogP contribution in [0.15, 0.2) is 50.6 Å². The molecule has 5 nitrogen and oxygen atoms in total. The van der Waals surface area contributed by atoms with E-state index < -0.39 is 5.91 Å². The highest BCUT2D eigenvalue weighted by atomic mass is 79.9. The van der Waals surface area contributed by atoms with Crippen LogP contribution in [0.3, 0.4) is 0 Å². The Bertz CT molecular complexity index is 622. The van der Waals surface area contributed by atoms with E-state index in [4.69, 9.17) is 9.15 Å². The van der Waals surface area contributed by atoms with Crippen molar-refractivity contribution in [3.05, 3.63) is 52.4 Å². The Labute approximate surface area is 124 Å². The van der Waals surface area contributed by atoms with E-state index >= 15 is 0 Å². The summed E-state index contributed by atoms with van der Waals surface area (Å²) in [4.78, 5) is 11.7. The number of halogens is 1. The summed E-state index contributed by atoms with van der Waals surface area (Å²) in [6, 6.07) is 10.6. The molecule has 0 bridgehead atoms. The predicted octanol–water partition coefficient (Wildman–Crippen LogP) is 3.20. The zero-order valence-electron chi connectivity index (χ0n) is 10.8. The number of nitrogens with one attached hydrogen (secondary N) is 1. The standard InChI is InChI=1S/C14H13BrN2O3/c1-2-19-11-5-3-4-10(8-11)9-16-17-14(18)12-6-7-13(15)20-12/h3-9H,2H2,1H3,(H,17,18)/b16-9-. The van der Waals surface area contributed by atoms with Gasteiger partial charge in [-0.25, -0.2) is 5.43 Å². The molecule has 0 spiro atoms. The second-order valence-electron chi connectivity index (χ2n) is 3.81. The number of hydrogen-bond donors (Lipinski definition) is 1. The number of furan rings is 1. The van der Waals surface area contributed by atoms with Gasteiger partial charge in [0.1, 0.15) is 5.75 Å². The number of carbonyl (C=O) groups is 1. The molecule has 1 heterocycles. The summed E-state index contributed by atoms with van der Waals surface area (Å²) >= 11 is 3.13. The molecular weight excluding hydrogens is 324 g/mol. The smallest absolute Gasteiger partial charge is 0.307 e. The van der Waals surface area contributed by atoms with Crippen LogP contribution in [0, 0.1) is 0 Å². The van der Waals surface area contributed by atoms with Gasteiger partial charge in [-0.05, 0) is 52.7 Å². The molecule has 0 atom stereocenters. The Kier molecular flexibility index (Phi) is 4.95. The summed E-state index contributed by atoms with van der Waals surface area (Å²) in [5.41, 5.74) is 3.22. The van der Waals surface area contributed by atoms with Crippen molar-refractivity contribution in [1.29, 1.82) is 0 Å². The van der Waals surface area contributed by atoms with Gasteiger partial charge in [0.2, 0.25) is 0 Å². The number of nitrogens with zero attached hydrogens (tertiary/aromatic N) is 1. The number of hydrazone groups is 1. The third-order valence-electron chi connectivity index (χ3n) is 2.35. The maximum absolute atomic E-state index is 11.7. The summed E-state index contributed by atoms with van der Waals surface area (Å²) in [6.45, 7) is 2.52. The van der Waals surface area contributed by atoms with Crippen LogP contribution in [-0.2, 0) is 0 Å². The quantitative estimate of drug-likeness (QED) is 0.673.